The Labute approximate surface area is 120 Å². The minimum atomic E-state index is -0.437. The van der Waals surface area contributed by atoms with Gasteiger partial charge in [-0.2, -0.15) is 0 Å². The van der Waals surface area contributed by atoms with E-state index < -0.39 is 6.04 Å². The zero-order chi connectivity index (χ0) is 14.5. The van der Waals surface area contributed by atoms with E-state index in [0.29, 0.717) is 12.2 Å². The Kier molecular flexibility index (Phi) is 2.96. The number of fused-ring (bicyclic) bond motifs is 1. The van der Waals surface area contributed by atoms with Gasteiger partial charge in [-0.05, 0) is 24.3 Å². The first kappa shape index (κ1) is 13.3. The van der Waals surface area contributed by atoms with Crippen LogP contribution in [0.25, 0.3) is 0 Å². The maximum absolute atomic E-state index is 12.3. The molecular formula is C11H16N6O2S. The zero-order valence-electron chi connectivity index (χ0n) is 11.5. The summed E-state index contributed by atoms with van der Waals surface area (Å²) in [4.78, 5) is 25.6. The quantitative estimate of drug-likeness (QED) is 0.751. The summed E-state index contributed by atoms with van der Waals surface area (Å²) in [5.74, 6) is 0.404. The summed E-state index contributed by atoms with van der Waals surface area (Å²) in [5, 5.41) is 16.6. The molecule has 0 aromatic carbocycles. The molecule has 2 aliphatic heterocycles. The number of carbonyl (C=O) groups excluding carboxylic acids is 2. The van der Waals surface area contributed by atoms with Crippen molar-refractivity contribution in [3.05, 3.63) is 5.82 Å². The van der Waals surface area contributed by atoms with Crippen LogP contribution in [0.4, 0.5) is 0 Å². The molecule has 0 saturated carbocycles. The average Bonchev–Trinajstić information content (AvgIpc) is 2.99. The highest BCUT2D eigenvalue weighted by Crippen LogP contribution is 2.56. The van der Waals surface area contributed by atoms with Gasteiger partial charge >= 0.3 is 0 Å². The van der Waals surface area contributed by atoms with Gasteiger partial charge in [0.1, 0.15) is 17.5 Å². The minimum absolute atomic E-state index is 0.0527. The Morgan fingerprint density at radius 3 is 2.90 bits per heavy atom. The fourth-order valence-corrected chi connectivity index (χ4v) is 4.38. The number of nitrogens with one attached hydrogen (secondary N) is 2. The number of aromatic nitrogens is 4. The van der Waals surface area contributed by atoms with Crippen molar-refractivity contribution < 1.29 is 9.59 Å². The molecule has 2 N–H and O–H groups in total. The number of carbonyl (C=O) groups is 2. The Balaban J connectivity index is 1.84. The first-order valence-corrected chi connectivity index (χ1v) is 7.36. The standard InChI is InChI=1S/C11H16N6O2S/c1-4-5(18)12-6-9(19)17-7(8-13-15-16-14-8)11(2,3)20-10(6)17/h6-7,10H,4H2,1-3H3,(H,12,18)(H,13,14,15,16)/t6?,7?,10-/m0/s1. The summed E-state index contributed by atoms with van der Waals surface area (Å²) in [7, 11) is 0. The van der Waals surface area contributed by atoms with Crippen LogP contribution in [0.1, 0.15) is 39.1 Å². The molecule has 3 heterocycles. The molecule has 2 saturated heterocycles. The van der Waals surface area contributed by atoms with Crippen molar-refractivity contribution in [2.45, 2.75) is 49.4 Å². The topological polar surface area (TPSA) is 104 Å². The van der Waals surface area contributed by atoms with Gasteiger partial charge in [-0.25, -0.2) is 5.10 Å². The van der Waals surface area contributed by atoms with Crippen LogP contribution in [-0.2, 0) is 9.59 Å². The van der Waals surface area contributed by atoms with E-state index in [4.69, 9.17) is 0 Å². The second kappa shape index (κ2) is 4.44. The number of rotatable bonds is 3. The minimum Gasteiger partial charge on any atom is -0.342 e. The Morgan fingerprint density at radius 1 is 1.55 bits per heavy atom. The number of nitrogens with zero attached hydrogens (tertiary/aromatic N) is 4. The molecule has 1 aromatic heterocycles. The fraction of sp³-hybridized carbons (Fsp3) is 0.727. The highest BCUT2D eigenvalue weighted by molar-refractivity contribution is 8.01. The van der Waals surface area contributed by atoms with Gasteiger partial charge < -0.3 is 10.2 Å². The molecule has 0 bridgehead atoms. The van der Waals surface area contributed by atoms with Crippen LogP contribution in [0.15, 0.2) is 0 Å². The van der Waals surface area contributed by atoms with E-state index in [1.807, 2.05) is 0 Å². The van der Waals surface area contributed by atoms with E-state index in [0.717, 1.165) is 0 Å². The molecule has 2 unspecified atom stereocenters. The Hall–Kier alpha value is -1.64. The Bertz CT molecular complexity index is 545. The van der Waals surface area contributed by atoms with Gasteiger partial charge in [0.25, 0.3) is 0 Å². The molecule has 2 amide bonds. The van der Waals surface area contributed by atoms with Gasteiger partial charge in [0.05, 0.1) is 0 Å². The molecule has 9 heteroatoms. The third-order valence-corrected chi connectivity index (χ3v) is 5.27. The van der Waals surface area contributed by atoms with Gasteiger partial charge in [0, 0.05) is 11.2 Å². The molecule has 20 heavy (non-hydrogen) atoms. The predicted molar refractivity (Wildman–Crippen MR) is 71.4 cm³/mol. The average molecular weight is 296 g/mol. The lowest BCUT2D eigenvalue weighted by Crippen LogP contribution is -2.67. The summed E-state index contributed by atoms with van der Waals surface area (Å²) in [6, 6.07) is -0.637. The highest BCUT2D eigenvalue weighted by Gasteiger charge is 2.63. The molecule has 0 aliphatic carbocycles. The van der Waals surface area contributed by atoms with E-state index in [1.54, 1.807) is 23.6 Å². The lowest BCUT2D eigenvalue weighted by Gasteiger charge is -2.44. The van der Waals surface area contributed by atoms with E-state index in [-0.39, 0.29) is 28.0 Å². The Morgan fingerprint density at radius 2 is 2.30 bits per heavy atom. The molecule has 2 fully saturated rings. The molecule has 0 radical (unpaired) electrons. The normalized spacial score (nSPS) is 30.9. The summed E-state index contributed by atoms with van der Waals surface area (Å²) in [6.07, 6.45) is 0.375. The van der Waals surface area contributed by atoms with Crippen LogP contribution >= 0.6 is 11.8 Å². The SMILES string of the molecule is CCC(=O)NC1C(=O)N2C(c3nnn[nH]3)C(C)(C)S[C@@H]12. The van der Waals surface area contributed by atoms with Gasteiger partial charge in [-0.15, -0.1) is 16.9 Å². The molecular weight excluding hydrogens is 280 g/mol. The van der Waals surface area contributed by atoms with Crippen molar-refractivity contribution in [3.8, 4) is 0 Å². The van der Waals surface area contributed by atoms with Crippen molar-refractivity contribution in [2.75, 3.05) is 0 Å². The number of hydrogen-bond acceptors (Lipinski definition) is 6. The van der Waals surface area contributed by atoms with Crippen LogP contribution in [-0.4, -0.2) is 53.5 Å². The number of β-lactam (4-membered cyclic amide) rings is 1. The maximum atomic E-state index is 12.3. The van der Waals surface area contributed by atoms with Crippen LogP contribution in [0.3, 0.4) is 0 Å². The number of hydrogen-bond donors (Lipinski definition) is 2. The van der Waals surface area contributed by atoms with Gasteiger partial charge in [-0.1, -0.05) is 6.92 Å². The van der Waals surface area contributed by atoms with Crippen molar-refractivity contribution >= 4 is 23.6 Å². The molecule has 2 aliphatic rings. The van der Waals surface area contributed by atoms with Crippen molar-refractivity contribution in [2.24, 2.45) is 0 Å². The van der Waals surface area contributed by atoms with E-state index in [2.05, 4.69) is 39.8 Å². The van der Waals surface area contributed by atoms with Gasteiger partial charge in [0.2, 0.25) is 11.8 Å². The molecule has 1 aromatic rings. The van der Waals surface area contributed by atoms with Gasteiger partial charge in [0.15, 0.2) is 5.82 Å². The summed E-state index contributed by atoms with van der Waals surface area (Å²) in [6.45, 7) is 5.87. The van der Waals surface area contributed by atoms with E-state index in [1.165, 1.54) is 0 Å². The van der Waals surface area contributed by atoms with E-state index in [9.17, 15) is 9.59 Å². The van der Waals surface area contributed by atoms with Gasteiger partial charge in [-0.3, -0.25) is 9.59 Å². The van der Waals surface area contributed by atoms with Crippen LogP contribution in [0.2, 0.25) is 0 Å². The number of thioether (sulfide) groups is 1. The van der Waals surface area contributed by atoms with Crippen LogP contribution in [0, 0.1) is 0 Å². The lowest BCUT2D eigenvalue weighted by molar-refractivity contribution is -0.151. The molecule has 3 rings (SSSR count). The first-order chi connectivity index (χ1) is 9.45. The molecule has 8 nitrogen and oxygen atoms in total. The highest BCUT2D eigenvalue weighted by atomic mass is 32.2. The second-order valence-corrected chi connectivity index (χ2v) is 7.22. The van der Waals surface area contributed by atoms with Crippen molar-refractivity contribution in [1.82, 2.24) is 30.8 Å². The zero-order valence-corrected chi connectivity index (χ0v) is 12.3. The lowest BCUT2D eigenvalue weighted by atomic mass is 9.95. The third kappa shape index (κ3) is 1.80. The first-order valence-electron chi connectivity index (χ1n) is 6.48. The maximum Gasteiger partial charge on any atom is 0.249 e. The van der Waals surface area contributed by atoms with E-state index >= 15 is 0 Å². The summed E-state index contributed by atoms with van der Waals surface area (Å²) < 4.78 is -0.215. The fourth-order valence-electron chi connectivity index (χ4n) is 2.75. The number of amides is 2. The monoisotopic (exact) mass is 296 g/mol. The summed E-state index contributed by atoms with van der Waals surface area (Å²) >= 11 is 1.66. The van der Waals surface area contributed by atoms with Crippen LogP contribution < -0.4 is 5.32 Å². The number of tetrazole rings is 1. The molecule has 108 valence electrons. The van der Waals surface area contributed by atoms with Crippen LogP contribution in [0.5, 0.6) is 0 Å². The molecule has 0 spiro atoms. The molecule has 3 atom stereocenters. The largest absolute Gasteiger partial charge is 0.342 e. The van der Waals surface area contributed by atoms with Crippen molar-refractivity contribution in [3.63, 3.8) is 0 Å². The predicted octanol–water partition coefficient (Wildman–Crippen LogP) is -0.171. The summed E-state index contributed by atoms with van der Waals surface area (Å²) in [5.41, 5.74) is 0. The number of aromatic amines is 1. The van der Waals surface area contributed by atoms with Crippen molar-refractivity contribution in [1.29, 1.82) is 0 Å². The second-order valence-electron chi connectivity index (χ2n) is 5.45. The third-order valence-electron chi connectivity index (χ3n) is 3.70. The number of H-pyrrole nitrogens is 1. The smallest absolute Gasteiger partial charge is 0.249 e.